The SMILES string of the molecule is CCCCC(CC)Cc1ccc2c(C3C=CC(c4c5ccccc5c(-c5ccc(C(C)(C)C)cc5)c5cc(CC(CC)CCCC)c(CC(CC)CCCC)cc45)=CC3)c3ccccc3c(C(C)(C)C)c2c1. The second-order valence-corrected chi connectivity index (χ2v) is 24.5. The fraction of sp³-hybridized carbons (Fsp3) is 0.472. The van der Waals surface area contributed by atoms with Crippen molar-refractivity contribution in [3.63, 3.8) is 0 Å². The van der Waals surface area contributed by atoms with Crippen LogP contribution >= 0.6 is 0 Å². The number of benzene rings is 7. The highest BCUT2D eigenvalue weighted by Gasteiger charge is 2.28. The molecule has 4 atom stereocenters. The molecule has 1 aliphatic rings. The summed E-state index contributed by atoms with van der Waals surface area (Å²) < 4.78 is 0. The molecule has 0 heteroatoms. The number of rotatable bonds is 21. The van der Waals surface area contributed by atoms with Crippen LogP contribution in [0.2, 0.25) is 0 Å². The lowest BCUT2D eigenvalue weighted by Gasteiger charge is -2.29. The Morgan fingerprint density at radius 1 is 0.472 bits per heavy atom. The van der Waals surface area contributed by atoms with E-state index < -0.39 is 0 Å². The molecule has 0 heterocycles. The molecular weight excluding hydrogens is 865 g/mol. The van der Waals surface area contributed by atoms with Crippen molar-refractivity contribution in [3.8, 4) is 11.1 Å². The number of hydrogen-bond acceptors (Lipinski definition) is 0. The third-order valence-corrected chi connectivity index (χ3v) is 17.2. The molecule has 7 aromatic rings. The summed E-state index contributed by atoms with van der Waals surface area (Å²) in [6, 6.07) is 41.4. The maximum atomic E-state index is 2.72. The van der Waals surface area contributed by atoms with Gasteiger partial charge in [0.15, 0.2) is 0 Å². The largest absolute Gasteiger partial charge is 0.0760 e. The van der Waals surface area contributed by atoms with E-state index in [1.165, 1.54) is 165 Å². The number of unbranched alkanes of at least 4 members (excludes halogenated alkanes) is 3. The molecule has 0 spiro atoms. The van der Waals surface area contributed by atoms with E-state index in [1.54, 1.807) is 11.1 Å². The van der Waals surface area contributed by atoms with Gasteiger partial charge >= 0.3 is 0 Å². The van der Waals surface area contributed by atoms with Crippen molar-refractivity contribution in [2.75, 3.05) is 0 Å². The predicted octanol–water partition coefficient (Wildman–Crippen LogP) is 22.0. The summed E-state index contributed by atoms with van der Waals surface area (Å²) in [5.74, 6) is 2.39. The van der Waals surface area contributed by atoms with E-state index in [9.17, 15) is 0 Å². The molecule has 0 aliphatic heterocycles. The average molecular weight is 958 g/mol. The Hall–Kier alpha value is -4.94. The molecule has 7 aromatic carbocycles. The Morgan fingerprint density at radius 2 is 0.972 bits per heavy atom. The van der Waals surface area contributed by atoms with Gasteiger partial charge in [-0.15, -0.1) is 0 Å². The summed E-state index contributed by atoms with van der Waals surface area (Å²) in [6.07, 6.45) is 27.6. The van der Waals surface area contributed by atoms with E-state index in [1.807, 2.05) is 0 Å². The lowest BCUT2D eigenvalue weighted by Crippen LogP contribution is -2.14. The molecule has 0 radical (unpaired) electrons. The standard InChI is InChI=1S/C72H92/c1-13-19-26-49(16-4)43-52-33-42-62-66(46-52)70(72(10,11)12)63-32-25-24-31-61(63)67(62)53-34-36-54(37-35-53)68-59-29-22-23-30-60(59)69(55-38-40-58(41-39-55)71(7,8)9)65-48-57(45-51(18-6)28-21-15-3)56(47-64(65)68)44-50(17-5)27-20-14-2/h22-25,29-34,36-42,46-51,53H,13-21,26-28,35,43-45H2,1-12H3. The Morgan fingerprint density at radius 3 is 1.47 bits per heavy atom. The minimum absolute atomic E-state index is 0.00141. The molecule has 0 bridgehead atoms. The van der Waals surface area contributed by atoms with Crippen LogP contribution in [0.3, 0.4) is 0 Å². The first-order valence-electron chi connectivity index (χ1n) is 29.2. The van der Waals surface area contributed by atoms with Gasteiger partial charge in [0, 0.05) is 5.92 Å². The summed E-state index contributed by atoms with van der Waals surface area (Å²) in [6.45, 7) is 28.5. The molecule has 0 N–H and O–H groups in total. The van der Waals surface area contributed by atoms with Crippen LogP contribution in [0.15, 0.2) is 121 Å². The van der Waals surface area contributed by atoms with Crippen molar-refractivity contribution in [2.45, 2.75) is 203 Å². The van der Waals surface area contributed by atoms with Gasteiger partial charge in [-0.25, -0.2) is 0 Å². The van der Waals surface area contributed by atoms with Gasteiger partial charge in [0.25, 0.3) is 0 Å². The first kappa shape index (κ1) is 53.4. The van der Waals surface area contributed by atoms with Crippen LogP contribution in [-0.4, -0.2) is 0 Å². The minimum atomic E-state index is -0.00141. The van der Waals surface area contributed by atoms with Crippen molar-refractivity contribution in [2.24, 2.45) is 17.8 Å². The van der Waals surface area contributed by atoms with Crippen LogP contribution in [0.5, 0.6) is 0 Å². The zero-order valence-corrected chi connectivity index (χ0v) is 47.2. The number of hydrogen-bond donors (Lipinski definition) is 0. The summed E-state index contributed by atoms with van der Waals surface area (Å²) in [5, 5.41) is 11.3. The Bertz CT molecular complexity index is 3010. The number of fused-ring (bicyclic) bond motifs is 4. The van der Waals surface area contributed by atoms with Gasteiger partial charge in [0.05, 0.1) is 0 Å². The fourth-order valence-corrected chi connectivity index (χ4v) is 12.9. The molecule has 0 aromatic heterocycles. The van der Waals surface area contributed by atoms with Crippen molar-refractivity contribution in [1.82, 2.24) is 0 Å². The van der Waals surface area contributed by atoms with E-state index in [0.29, 0.717) is 11.8 Å². The lowest BCUT2D eigenvalue weighted by atomic mass is 9.75. The van der Waals surface area contributed by atoms with Crippen molar-refractivity contribution >= 4 is 48.7 Å². The van der Waals surface area contributed by atoms with Crippen LogP contribution in [-0.2, 0) is 30.1 Å². The second-order valence-electron chi connectivity index (χ2n) is 24.5. The monoisotopic (exact) mass is 957 g/mol. The molecule has 8 rings (SSSR count). The third-order valence-electron chi connectivity index (χ3n) is 17.2. The van der Waals surface area contributed by atoms with Crippen LogP contribution in [0.25, 0.3) is 59.8 Å². The lowest BCUT2D eigenvalue weighted by molar-refractivity contribution is 0.434. The van der Waals surface area contributed by atoms with Gasteiger partial charge in [-0.1, -0.05) is 281 Å². The van der Waals surface area contributed by atoms with Crippen molar-refractivity contribution < 1.29 is 0 Å². The average Bonchev–Trinajstić information content (AvgIpc) is 3.38. The third kappa shape index (κ3) is 11.5. The molecule has 0 amide bonds. The quantitative estimate of drug-likeness (QED) is 0.0630. The molecule has 0 fully saturated rings. The summed E-state index contributed by atoms with van der Waals surface area (Å²) in [7, 11) is 0. The topological polar surface area (TPSA) is 0 Å². The van der Waals surface area contributed by atoms with Gasteiger partial charge in [0.1, 0.15) is 0 Å². The minimum Gasteiger partial charge on any atom is -0.0760 e. The van der Waals surface area contributed by atoms with Crippen LogP contribution in [0.1, 0.15) is 211 Å². The predicted molar refractivity (Wildman–Crippen MR) is 321 cm³/mol. The Balaban J connectivity index is 1.33. The summed E-state index contributed by atoms with van der Waals surface area (Å²) in [4.78, 5) is 0. The summed E-state index contributed by atoms with van der Waals surface area (Å²) in [5.41, 5.74) is 14.6. The zero-order valence-electron chi connectivity index (χ0n) is 47.2. The molecule has 4 unspecified atom stereocenters. The van der Waals surface area contributed by atoms with Gasteiger partial charge in [-0.3, -0.25) is 0 Å². The normalized spacial score (nSPS) is 15.7. The van der Waals surface area contributed by atoms with E-state index in [4.69, 9.17) is 0 Å². The highest BCUT2D eigenvalue weighted by atomic mass is 14.3. The van der Waals surface area contributed by atoms with E-state index in [-0.39, 0.29) is 16.7 Å². The molecule has 0 saturated heterocycles. The molecule has 0 nitrogen and oxygen atoms in total. The smallest absolute Gasteiger partial charge is 0.00684 e. The van der Waals surface area contributed by atoms with E-state index >= 15 is 0 Å². The van der Waals surface area contributed by atoms with Gasteiger partial charge in [0.2, 0.25) is 0 Å². The second kappa shape index (κ2) is 23.5. The first-order chi connectivity index (χ1) is 34.7. The maximum absolute atomic E-state index is 2.72. The molecule has 0 saturated carbocycles. The van der Waals surface area contributed by atoms with Crippen LogP contribution < -0.4 is 0 Å². The first-order valence-corrected chi connectivity index (χ1v) is 29.2. The van der Waals surface area contributed by atoms with Gasteiger partial charge in [-0.2, -0.15) is 0 Å². The van der Waals surface area contributed by atoms with Crippen molar-refractivity contribution in [3.05, 3.63) is 160 Å². The Labute approximate surface area is 438 Å². The highest BCUT2D eigenvalue weighted by molar-refractivity contribution is 6.20. The highest BCUT2D eigenvalue weighted by Crippen LogP contribution is 2.48. The molecule has 72 heavy (non-hydrogen) atoms. The fourth-order valence-electron chi connectivity index (χ4n) is 12.9. The van der Waals surface area contributed by atoms with Crippen LogP contribution in [0, 0.1) is 17.8 Å². The Kier molecular flexibility index (Phi) is 17.4. The number of allylic oxidation sites excluding steroid dienone is 4. The van der Waals surface area contributed by atoms with Gasteiger partial charge < -0.3 is 0 Å². The zero-order chi connectivity index (χ0) is 51.2. The van der Waals surface area contributed by atoms with Gasteiger partial charge in [-0.05, 0) is 153 Å². The molecule has 1 aliphatic carbocycles. The molecular formula is C72H92. The maximum Gasteiger partial charge on any atom is 0.00684 e. The molecule has 380 valence electrons. The van der Waals surface area contributed by atoms with Crippen molar-refractivity contribution in [1.29, 1.82) is 0 Å². The van der Waals surface area contributed by atoms with E-state index in [0.717, 1.165) is 31.6 Å². The van der Waals surface area contributed by atoms with E-state index in [2.05, 4.69) is 204 Å². The summed E-state index contributed by atoms with van der Waals surface area (Å²) >= 11 is 0. The van der Waals surface area contributed by atoms with Crippen LogP contribution in [0.4, 0.5) is 0 Å².